The molecule has 0 aliphatic carbocycles. The van der Waals surface area contributed by atoms with Gasteiger partial charge in [0.2, 0.25) is 5.91 Å². The van der Waals surface area contributed by atoms with E-state index in [9.17, 15) is 4.79 Å². The summed E-state index contributed by atoms with van der Waals surface area (Å²) in [6.45, 7) is 8.10. The third kappa shape index (κ3) is 11.3. The summed E-state index contributed by atoms with van der Waals surface area (Å²) in [4.78, 5) is 11.2. The van der Waals surface area contributed by atoms with Gasteiger partial charge in [0.25, 0.3) is 0 Å². The van der Waals surface area contributed by atoms with Gasteiger partial charge in [-0.3, -0.25) is 4.79 Å². The zero-order chi connectivity index (χ0) is 11.4. The van der Waals surface area contributed by atoms with Gasteiger partial charge in [0.15, 0.2) is 0 Å². The van der Waals surface area contributed by atoms with Crippen LogP contribution in [0.5, 0.6) is 0 Å². The predicted molar refractivity (Wildman–Crippen MR) is 66.1 cm³/mol. The van der Waals surface area contributed by atoms with Crippen LogP contribution in [0.3, 0.4) is 0 Å². The Morgan fingerprint density at radius 3 is 2.73 bits per heavy atom. The predicted octanol–water partition coefficient (Wildman–Crippen LogP) is 1.41. The maximum absolute atomic E-state index is 11.2. The van der Waals surface area contributed by atoms with Crippen molar-refractivity contribution in [1.82, 2.24) is 10.6 Å². The molecule has 0 aromatic carbocycles. The van der Waals surface area contributed by atoms with E-state index in [-0.39, 0.29) is 8.76 Å². The van der Waals surface area contributed by atoms with Gasteiger partial charge >= 0.3 is 0 Å². The highest BCUT2D eigenvalue weighted by Gasteiger charge is 1.99. The van der Waals surface area contributed by atoms with Crippen molar-refractivity contribution in [1.29, 1.82) is 0 Å². The van der Waals surface area contributed by atoms with Crippen molar-refractivity contribution in [3.8, 4) is 0 Å². The number of hydrogen-bond acceptors (Lipinski definition) is 3. The highest BCUT2D eigenvalue weighted by atomic mass is 16.5. The van der Waals surface area contributed by atoms with Crippen molar-refractivity contribution in [2.45, 2.75) is 33.1 Å². The Morgan fingerprint density at radius 2 is 2.07 bits per heavy atom. The van der Waals surface area contributed by atoms with E-state index in [1.807, 2.05) is 0 Å². The highest BCUT2D eigenvalue weighted by molar-refractivity contribution is 5.75. The first-order valence-electron chi connectivity index (χ1n) is 5.86. The van der Waals surface area contributed by atoms with Gasteiger partial charge in [0.05, 0.1) is 6.61 Å². The lowest BCUT2D eigenvalue weighted by Crippen LogP contribution is -2.28. The summed E-state index contributed by atoms with van der Waals surface area (Å²) < 4.78 is 5.23. The van der Waals surface area contributed by atoms with Crippen molar-refractivity contribution in [2.24, 2.45) is 0 Å². The average Bonchev–Trinajstić information content (AvgIpc) is 2.24. The fourth-order valence-electron chi connectivity index (χ4n) is 1.12. The second-order valence-electron chi connectivity index (χ2n) is 3.42. The van der Waals surface area contributed by atoms with Gasteiger partial charge in [-0.2, -0.15) is 0 Å². The molecule has 0 bridgehead atoms. The van der Waals surface area contributed by atoms with Gasteiger partial charge in [-0.25, -0.2) is 0 Å². The minimum atomic E-state index is 0. The van der Waals surface area contributed by atoms with Gasteiger partial charge in [-0.1, -0.05) is 13.8 Å². The first-order chi connectivity index (χ1) is 7.31. The lowest BCUT2D eigenvalue weighted by atomic mass is 10.3. The molecule has 0 radical (unpaired) electrons. The molecule has 0 fully saturated rings. The van der Waals surface area contributed by atoms with Crippen LogP contribution in [0.25, 0.3) is 0 Å². The van der Waals surface area contributed by atoms with Gasteiger partial charge in [-0.05, 0) is 25.9 Å². The van der Waals surface area contributed by atoms with Crippen LogP contribution in [0.1, 0.15) is 36.0 Å². The fourth-order valence-corrected chi connectivity index (χ4v) is 1.12. The number of ether oxygens (including phenoxy) is 1. The van der Waals surface area contributed by atoms with E-state index in [4.69, 9.17) is 4.74 Å². The first-order valence-corrected chi connectivity index (χ1v) is 5.86. The summed E-state index contributed by atoms with van der Waals surface area (Å²) in [6, 6.07) is 0. The standard InChI is InChI=1S/C11H24N2O2.2H2/c1-3-9-15-10-6-11(14)13-8-5-7-12-4-2;;/h12H,3-10H2,1-2H3,(H,13,14);2*1H. The van der Waals surface area contributed by atoms with Crippen molar-refractivity contribution in [2.75, 3.05) is 32.8 Å². The molecule has 0 saturated carbocycles. The lowest BCUT2D eigenvalue weighted by molar-refractivity contribution is -0.122. The Labute approximate surface area is 95.7 Å². The Balaban J connectivity index is -0.000000980. The maximum atomic E-state index is 11.2. The summed E-state index contributed by atoms with van der Waals surface area (Å²) in [6.07, 6.45) is 2.46. The third-order valence-corrected chi connectivity index (χ3v) is 1.92. The minimum absolute atomic E-state index is 0. The van der Waals surface area contributed by atoms with Gasteiger partial charge in [-0.15, -0.1) is 0 Å². The SMILES string of the molecule is CCCOCCC(=O)NCCCNCC.[HH].[HH]. The quantitative estimate of drug-likeness (QED) is 0.547. The van der Waals surface area contributed by atoms with E-state index in [2.05, 4.69) is 24.5 Å². The number of hydrogen-bond donors (Lipinski definition) is 2. The molecule has 0 aliphatic rings. The summed E-state index contributed by atoms with van der Waals surface area (Å²) in [5.41, 5.74) is 0. The van der Waals surface area contributed by atoms with Crippen LogP contribution < -0.4 is 10.6 Å². The number of rotatable bonds is 10. The normalized spacial score (nSPS) is 10.3. The average molecular weight is 220 g/mol. The van der Waals surface area contributed by atoms with Crippen molar-refractivity contribution < 1.29 is 12.4 Å². The number of carbonyl (C=O) groups excluding carboxylic acids is 1. The molecule has 1 amide bonds. The van der Waals surface area contributed by atoms with Crippen molar-refractivity contribution >= 4 is 5.91 Å². The molecule has 4 heteroatoms. The second-order valence-corrected chi connectivity index (χ2v) is 3.42. The van der Waals surface area contributed by atoms with Gasteiger partial charge < -0.3 is 15.4 Å². The molecule has 94 valence electrons. The van der Waals surface area contributed by atoms with E-state index in [0.29, 0.717) is 13.0 Å². The Bertz CT molecular complexity index is 160. The molecule has 0 unspecified atom stereocenters. The minimum Gasteiger partial charge on any atom is -0.381 e. The number of amides is 1. The van der Waals surface area contributed by atoms with E-state index < -0.39 is 0 Å². The molecule has 0 atom stereocenters. The zero-order valence-electron chi connectivity index (χ0n) is 9.97. The van der Waals surface area contributed by atoms with Gasteiger partial charge in [0, 0.05) is 22.4 Å². The van der Waals surface area contributed by atoms with Crippen LogP contribution in [-0.4, -0.2) is 38.8 Å². The van der Waals surface area contributed by atoms with Crippen molar-refractivity contribution in [3.05, 3.63) is 0 Å². The van der Waals surface area contributed by atoms with E-state index in [0.717, 1.165) is 39.1 Å². The lowest BCUT2D eigenvalue weighted by Gasteiger charge is -2.05. The van der Waals surface area contributed by atoms with E-state index >= 15 is 0 Å². The molecule has 2 N–H and O–H groups in total. The Kier molecular flexibility index (Phi) is 11.0. The molecule has 0 saturated heterocycles. The zero-order valence-corrected chi connectivity index (χ0v) is 9.97. The molecular weight excluding hydrogens is 192 g/mol. The summed E-state index contributed by atoms with van der Waals surface area (Å²) >= 11 is 0. The molecule has 0 aliphatic heterocycles. The van der Waals surface area contributed by atoms with Crippen LogP contribution >= 0.6 is 0 Å². The monoisotopic (exact) mass is 220 g/mol. The molecule has 4 nitrogen and oxygen atoms in total. The molecular formula is C11H28N2O2. The van der Waals surface area contributed by atoms with Crippen LogP contribution in [0.4, 0.5) is 0 Å². The molecule has 15 heavy (non-hydrogen) atoms. The summed E-state index contributed by atoms with van der Waals surface area (Å²) in [5, 5.41) is 6.07. The van der Waals surface area contributed by atoms with Crippen molar-refractivity contribution in [3.63, 3.8) is 0 Å². The van der Waals surface area contributed by atoms with Gasteiger partial charge in [0.1, 0.15) is 0 Å². The molecule has 0 heterocycles. The van der Waals surface area contributed by atoms with Crippen LogP contribution in [0.15, 0.2) is 0 Å². The Morgan fingerprint density at radius 1 is 1.27 bits per heavy atom. The smallest absolute Gasteiger partial charge is 0.222 e. The van der Waals surface area contributed by atoms with Crippen LogP contribution in [-0.2, 0) is 9.53 Å². The maximum Gasteiger partial charge on any atom is 0.222 e. The number of nitrogens with one attached hydrogen (secondary N) is 2. The molecule has 0 aromatic rings. The molecule has 0 rings (SSSR count). The van der Waals surface area contributed by atoms with Crippen LogP contribution in [0, 0.1) is 0 Å². The largest absolute Gasteiger partial charge is 0.381 e. The van der Waals surface area contributed by atoms with E-state index in [1.54, 1.807) is 0 Å². The number of carbonyl (C=O) groups is 1. The fraction of sp³-hybridized carbons (Fsp3) is 0.909. The molecule has 0 aromatic heterocycles. The Hall–Kier alpha value is -0.610. The topological polar surface area (TPSA) is 50.4 Å². The highest BCUT2D eigenvalue weighted by Crippen LogP contribution is 1.86. The van der Waals surface area contributed by atoms with E-state index in [1.165, 1.54) is 0 Å². The first kappa shape index (κ1) is 14.4. The second kappa shape index (κ2) is 11.5. The molecule has 0 spiro atoms. The third-order valence-electron chi connectivity index (χ3n) is 1.92. The summed E-state index contributed by atoms with van der Waals surface area (Å²) in [5.74, 6) is 0.0857. The van der Waals surface area contributed by atoms with Crippen LogP contribution in [0.2, 0.25) is 0 Å². The summed E-state index contributed by atoms with van der Waals surface area (Å²) in [7, 11) is 0.